The van der Waals surface area contributed by atoms with Crippen LogP contribution in [-0.4, -0.2) is 24.9 Å². The molecule has 1 aliphatic heterocycles. The molecule has 0 saturated carbocycles. The number of carbonyl (C=O) groups excluding carboxylic acids is 2. The molecular weight excluding hydrogens is 312 g/mol. The average molecular weight is 336 g/mol. The molecule has 1 N–H and O–H groups in total. The van der Waals surface area contributed by atoms with Crippen LogP contribution < -0.4 is 10.2 Å². The molecule has 1 fully saturated rings. The molecule has 1 heterocycles. The lowest BCUT2D eigenvalue weighted by atomic mass is 10.1. The van der Waals surface area contributed by atoms with Gasteiger partial charge in [-0.3, -0.25) is 9.59 Å². The van der Waals surface area contributed by atoms with Crippen LogP contribution in [0, 0.1) is 6.92 Å². The summed E-state index contributed by atoms with van der Waals surface area (Å²) in [4.78, 5) is 25.7. The molecule has 4 heteroatoms. The minimum absolute atomic E-state index is 0.0265. The molecule has 0 aliphatic carbocycles. The first-order valence-corrected chi connectivity index (χ1v) is 8.84. The number of carbonyl (C=O) groups is 2. The van der Waals surface area contributed by atoms with E-state index in [2.05, 4.69) is 24.4 Å². The molecule has 3 rings (SSSR count). The van der Waals surface area contributed by atoms with Crippen LogP contribution in [0.2, 0.25) is 0 Å². The van der Waals surface area contributed by atoms with Gasteiger partial charge in [0.2, 0.25) is 11.8 Å². The van der Waals surface area contributed by atoms with Crippen LogP contribution in [0.3, 0.4) is 0 Å². The first-order chi connectivity index (χ1) is 12.1. The third kappa shape index (κ3) is 4.47. The number of hydrogen-bond donors (Lipinski definition) is 1. The molecule has 0 bridgehead atoms. The van der Waals surface area contributed by atoms with Gasteiger partial charge in [-0.15, -0.1) is 0 Å². The van der Waals surface area contributed by atoms with E-state index in [1.807, 2.05) is 41.3 Å². The van der Waals surface area contributed by atoms with E-state index >= 15 is 0 Å². The summed E-state index contributed by atoms with van der Waals surface area (Å²) < 4.78 is 0. The Morgan fingerprint density at radius 2 is 1.88 bits per heavy atom. The van der Waals surface area contributed by atoms with Gasteiger partial charge < -0.3 is 10.2 Å². The van der Waals surface area contributed by atoms with Crippen LogP contribution in [0.5, 0.6) is 0 Å². The van der Waals surface area contributed by atoms with E-state index in [1.165, 1.54) is 11.1 Å². The second-order valence-electron chi connectivity index (χ2n) is 6.52. The van der Waals surface area contributed by atoms with Crippen LogP contribution in [0.1, 0.15) is 29.5 Å². The third-order valence-corrected chi connectivity index (χ3v) is 4.66. The molecule has 0 atom stereocenters. The highest BCUT2D eigenvalue weighted by Gasteiger charge is 2.21. The summed E-state index contributed by atoms with van der Waals surface area (Å²) >= 11 is 0. The van der Waals surface area contributed by atoms with Crippen molar-refractivity contribution in [2.45, 2.75) is 32.6 Å². The van der Waals surface area contributed by atoms with Gasteiger partial charge in [0, 0.05) is 25.2 Å². The Hall–Kier alpha value is -2.62. The standard InChI is InChI=1S/C21H24N2O2/c1-16-5-2-3-6-18(16)12-13-22-20(24)15-17-8-10-19(11-9-17)23-14-4-7-21(23)25/h2-3,5-6,8-11H,4,7,12-15H2,1H3,(H,22,24). The van der Waals surface area contributed by atoms with Gasteiger partial charge in [-0.2, -0.15) is 0 Å². The number of benzene rings is 2. The third-order valence-electron chi connectivity index (χ3n) is 4.66. The summed E-state index contributed by atoms with van der Waals surface area (Å²) in [5, 5.41) is 2.98. The van der Waals surface area contributed by atoms with Crippen LogP contribution in [0.25, 0.3) is 0 Å². The van der Waals surface area contributed by atoms with Crippen LogP contribution in [0.4, 0.5) is 5.69 Å². The van der Waals surface area contributed by atoms with Gasteiger partial charge in [-0.05, 0) is 48.6 Å². The lowest BCUT2D eigenvalue weighted by Crippen LogP contribution is -2.27. The molecule has 0 spiro atoms. The van der Waals surface area contributed by atoms with Crippen molar-refractivity contribution in [1.29, 1.82) is 0 Å². The Morgan fingerprint density at radius 1 is 1.12 bits per heavy atom. The number of nitrogens with zero attached hydrogens (tertiary/aromatic N) is 1. The predicted octanol–water partition coefficient (Wildman–Crippen LogP) is 3.02. The predicted molar refractivity (Wildman–Crippen MR) is 99.6 cm³/mol. The molecule has 2 aromatic carbocycles. The van der Waals surface area contributed by atoms with Crippen molar-refractivity contribution in [1.82, 2.24) is 5.32 Å². The molecule has 4 nitrogen and oxygen atoms in total. The van der Waals surface area contributed by atoms with Crippen LogP contribution >= 0.6 is 0 Å². The van der Waals surface area contributed by atoms with E-state index < -0.39 is 0 Å². The van der Waals surface area contributed by atoms with E-state index in [1.54, 1.807) is 0 Å². The number of aryl methyl sites for hydroxylation is 1. The van der Waals surface area contributed by atoms with E-state index in [-0.39, 0.29) is 11.8 Å². The van der Waals surface area contributed by atoms with Crippen molar-refractivity contribution < 1.29 is 9.59 Å². The first-order valence-electron chi connectivity index (χ1n) is 8.84. The van der Waals surface area contributed by atoms with Gasteiger partial charge in [-0.25, -0.2) is 0 Å². The largest absolute Gasteiger partial charge is 0.355 e. The molecule has 130 valence electrons. The zero-order valence-corrected chi connectivity index (χ0v) is 14.6. The number of anilines is 1. The molecule has 1 saturated heterocycles. The van der Waals surface area contributed by atoms with Gasteiger partial charge in [0.1, 0.15) is 0 Å². The molecule has 1 aliphatic rings. The van der Waals surface area contributed by atoms with Crippen molar-refractivity contribution >= 4 is 17.5 Å². The van der Waals surface area contributed by atoms with Crippen molar-refractivity contribution in [3.8, 4) is 0 Å². The number of amides is 2. The quantitative estimate of drug-likeness (QED) is 0.881. The monoisotopic (exact) mass is 336 g/mol. The fourth-order valence-corrected chi connectivity index (χ4v) is 3.19. The summed E-state index contributed by atoms with van der Waals surface area (Å²) in [6.07, 6.45) is 2.76. The summed E-state index contributed by atoms with van der Waals surface area (Å²) in [6, 6.07) is 16.0. The Morgan fingerprint density at radius 3 is 2.56 bits per heavy atom. The number of hydrogen-bond acceptors (Lipinski definition) is 2. The molecule has 25 heavy (non-hydrogen) atoms. The fourth-order valence-electron chi connectivity index (χ4n) is 3.19. The summed E-state index contributed by atoms with van der Waals surface area (Å²) in [5.74, 6) is 0.209. The van der Waals surface area contributed by atoms with Crippen LogP contribution in [-0.2, 0) is 22.4 Å². The number of nitrogens with one attached hydrogen (secondary N) is 1. The van der Waals surface area contributed by atoms with E-state index in [0.717, 1.165) is 30.6 Å². The average Bonchev–Trinajstić information content (AvgIpc) is 3.03. The van der Waals surface area contributed by atoms with Crippen molar-refractivity contribution in [3.63, 3.8) is 0 Å². The highest BCUT2D eigenvalue weighted by molar-refractivity contribution is 5.95. The Labute approximate surface area is 148 Å². The zero-order chi connectivity index (χ0) is 17.6. The highest BCUT2D eigenvalue weighted by Crippen LogP contribution is 2.21. The molecule has 2 amide bonds. The maximum atomic E-state index is 12.1. The lowest BCUT2D eigenvalue weighted by molar-refractivity contribution is -0.120. The Bertz CT molecular complexity index is 753. The maximum Gasteiger partial charge on any atom is 0.227 e. The second-order valence-corrected chi connectivity index (χ2v) is 6.52. The van der Waals surface area contributed by atoms with Gasteiger partial charge >= 0.3 is 0 Å². The highest BCUT2D eigenvalue weighted by atomic mass is 16.2. The van der Waals surface area contributed by atoms with E-state index in [4.69, 9.17) is 0 Å². The minimum Gasteiger partial charge on any atom is -0.355 e. The normalized spacial score (nSPS) is 14.0. The number of rotatable bonds is 6. The SMILES string of the molecule is Cc1ccccc1CCNC(=O)Cc1ccc(N2CCCC2=O)cc1. The molecule has 0 unspecified atom stereocenters. The van der Waals surface area contributed by atoms with Crippen molar-refractivity contribution in [3.05, 3.63) is 65.2 Å². The van der Waals surface area contributed by atoms with Gasteiger partial charge in [0.05, 0.1) is 6.42 Å². The van der Waals surface area contributed by atoms with Crippen molar-refractivity contribution in [2.24, 2.45) is 0 Å². The summed E-state index contributed by atoms with van der Waals surface area (Å²) in [6.45, 7) is 3.52. The Kier molecular flexibility index (Phi) is 5.49. The van der Waals surface area contributed by atoms with Gasteiger partial charge in [0.15, 0.2) is 0 Å². The topological polar surface area (TPSA) is 49.4 Å². The smallest absolute Gasteiger partial charge is 0.227 e. The maximum absolute atomic E-state index is 12.1. The fraction of sp³-hybridized carbons (Fsp3) is 0.333. The molecular formula is C21H24N2O2. The molecule has 2 aromatic rings. The second kappa shape index (κ2) is 7.97. The van der Waals surface area contributed by atoms with E-state index in [0.29, 0.717) is 19.4 Å². The van der Waals surface area contributed by atoms with Crippen LogP contribution in [0.15, 0.2) is 48.5 Å². The molecule has 0 aromatic heterocycles. The zero-order valence-electron chi connectivity index (χ0n) is 14.6. The van der Waals surface area contributed by atoms with E-state index in [9.17, 15) is 9.59 Å². The van der Waals surface area contributed by atoms with Gasteiger partial charge in [-0.1, -0.05) is 36.4 Å². The molecule has 0 radical (unpaired) electrons. The van der Waals surface area contributed by atoms with Gasteiger partial charge in [0.25, 0.3) is 0 Å². The Balaban J connectivity index is 1.48. The minimum atomic E-state index is 0.0265. The first kappa shape index (κ1) is 17.2. The summed E-state index contributed by atoms with van der Waals surface area (Å²) in [7, 11) is 0. The van der Waals surface area contributed by atoms with Crippen molar-refractivity contribution in [2.75, 3.05) is 18.0 Å². The summed E-state index contributed by atoms with van der Waals surface area (Å²) in [5.41, 5.74) is 4.40. The lowest BCUT2D eigenvalue weighted by Gasteiger charge is -2.15.